The SMILES string of the molecule is N#Cc1c(Cl)ccc(Br)c1F.Nc1n[nH]c2c(Br)ccc(Cl)c12. The number of hydrogen-bond donors (Lipinski definition) is 2. The second-order valence-electron chi connectivity index (χ2n) is 4.22. The molecule has 0 bridgehead atoms. The second kappa shape index (κ2) is 7.49. The van der Waals surface area contributed by atoms with Crippen LogP contribution in [0.1, 0.15) is 5.56 Å². The van der Waals surface area contributed by atoms with Gasteiger partial charge in [0.15, 0.2) is 11.6 Å². The largest absolute Gasteiger partial charge is 0.382 e. The van der Waals surface area contributed by atoms with Gasteiger partial charge in [0.25, 0.3) is 0 Å². The molecule has 0 unspecified atom stereocenters. The van der Waals surface area contributed by atoms with Gasteiger partial charge in [-0.15, -0.1) is 0 Å². The van der Waals surface area contributed by atoms with Crippen LogP contribution in [0.3, 0.4) is 0 Å². The van der Waals surface area contributed by atoms with Crippen molar-refractivity contribution in [2.24, 2.45) is 0 Å². The van der Waals surface area contributed by atoms with Gasteiger partial charge in [-0.2, -0.15) is 10.4 Å². The summed E-state index contributed by atoms with van der Waals surface area (Å²) in [4.78, 5) is 0. The summed E-state index contributed by atoms with van der Waals surface area (Å²) in [6, 6.07) is 8.22. The van der Waals surface area contributed by atoms with E-state index < -0.39 is 5.82 Å². The Bertz CT molecular complexity index is 921. The minimum Gasteiger partial charge on any atom is -0.382 e. The minimum absolute atomic E-state index is 0.124. The van der Waals surface area contributed by atoms with E-state index in [1.54, 1.807) is 12.1 Å². The molecule has 0 radical (unpaired) electrons. The van der Waals surface area contributed by atoms with Gasteiger partial charge in [0.1, 0.15) is 11.6 Å². The molecule has 0 aliphatic heterocycles. The topological polar surface area (TPSA) is 78.5 Å². The van der Waals surface area contributed by atoms with Crippen LogP contribution in [0.5, 0.6) is 0 Å². The molecule has 1 aromatic heterocycles. The number of halogens is 5. The van der Waals surface area contributed by atoms with E-state index in [0.29, 0.717) is 10.8 Å². The van der Waals surface area contributed by atoms with Crippen molar-refractivity contribution in [1.82, 2.24) is 10.2 Å². The number of rotatable bonds is 0. The number of nitrogens with one attached hydrogen (secondary N) is 1. The van der Waals surface area contributed by atoms with Gasteiger partial charge in [-0.1, -0.05) is 23.2 Å². The van der Waals surface area contributed by atoms with Crippen molar-refractivity contribution in [3.63, 3.8) is 0 Å². The lowest BCUT2D eigenvalue weighted by Crippen LogP contribution is -1.85. The number of aromatic amines is 1. The van der Waals surface area contributed by atoms with E-state index in [0.717, 1.165) is 15.4 Å². The molecule has 0 saturated heterocycles. The number of nitrogen functional groups attached to an aromatic ring is 1. The third kappa shape index (κ3) is 3.78. The first-order valence-electron chi connectivity index (χ1n) is 5.98. The summed E-state index contributed by atoms with van der Waals surface area (Å²) < 4.78 is 14.1. The fourth-order valence-corrected chi connectivity index (χ4v) is 2.91. The summed E-state index contributed by atoms with van der Waals surface area (Å²) in [6.07, 6.45) is 0. The Kier molecular flexibility index (Phi) is 5.87. The van der Waals surface area contributed by atoms with Crippen molar-refractivity contribution < 1.29 is 4.39 Å². The van der Waals surface area contributed by atoms with E-state index in [9.17, 15) is 4.39 Å². The van der Waals surface area contributed by atoms with E-state index >= 15 is 0 Å². The quantitative estimate of drug-likeness (QED) is 0.407. The third-order valence-electron chi connectivity index (χ3n) is 2.80. The van der Waals surface area contributed by atoms with Crippen LogP contribution < -0.4 is 5.73 Å². The lowest BCUT2D eigenvalue weighted by atomic mass is 10.2. The summed E-state index contributed by atoms with van der Waals surface area (Å²) in [7, 11) is 0. The van der Waals surface area contributed by atoms with E-state index in [4.69, 9.17) is 34.2 Å². The molecule has 4 nitrogen and oxygen atoms in total. The number of fused-ring (bicyclic) bond motifs is 1. The fourth-order valence-electron chi connectivity index (χ4n) is 1.71. The van der Waals surface area contributed by atoms with Gasteiger partial charge >= 0.3 is 0 Å². The number of hydrogen-bond acceptors (Lipinski definition) is 3. The van der Waals surface area contributed by atoms with Crippen LogP contribution in [0.25, 0.3) is 10.9 Å². The highest BCUT2D eigenvalue weighted by molar-refractivity contribution is 9.11. The number of H-pyrrole nitrogens is 1. The van der Waals surface area contributed by atoms with Crippen LogP contribution in [0.15, 0.2) is 33.2 Å². The summed E-state index contributed by atoms with van der Waals surface area (Å²) in [6.45, 7) is 0. The second-order valence-corrected chi connectivity index (χ2v) is 6.74. The summed E-state index contributed by atoms with van der Waals surface area (Å²) in [5, 5.41) is 16.6. The van der Waals surface area contributed by atoms with Gasteiger partial charge < -0.3 is 5.73 Å². The Labute approximate surface area is 157 Å². The predicted octanol–water partition coefficient (Wildman–Crippen LogP) is 5.67. The minimum atomic E-state index is -0.611. The van der Waals surface area contributed by atoms with Crippen molar-refractivity contribution in [1.29, 1.82) is 5.26 Å². The van der Waals surface area contributed by atoms with Crippen LogP contribution in [-0.2, 0) is 0 Å². The van der Waals surface area contributed by atoms with Crippen LogP contribution in [0.2, 0.25) is 10.0 Å². The number of anilines is 1. The molecule has 0 aliphatic carbocycles. The van der Waals surface area contributed by atoms with Gasteiger partial charge in [-0.3, -0.25) is 5.10 Å². The van der Waals surface area contributed by atoms with Gasteiger partial charge in [0.2, 0.25) is 0 Å². The molecule has 0 fully saturated rings. The smallest absolute Gasteiger partial charge is 0.156 e. The van der Waals surface area contributed by atoms with Crippen molar-refractivity contribution in [3.05, 3.63) is 54.6 Å². The molecule has 0 atom stereocenters. The van der Waals surface area contributed by atoms with Crippen molar-refractivity contribution in [3.8, 4) is 6.07 Å². The summed E-state index contributed by atoms with van der Waals surface area (Å²) in [5.74, 6) is -0.184. The fraction of sp³-hybridized carbons (Fsp3) is 0. The van der Waals surface area contributed by atoms with Gasteiger partial charge in [0, 0.05) is 4.47 Å². The summed E-state index contributed by atoms with van der Waals surface area (Å²) in [5.41, 5.74) is 6.31. The van der Waals surface area contributed by atoms with Crippen molar-refractivity contribution >= 4 is 71.8 Å². The summed E-state index contributed by atoms with van der Waals surface area (Å²) >= 11 is 17.7. The van der Waals surface area contributed by atoms with E-state index in [2.05, 4.69) is 42.1 Å². The normalized spacial score (nSPS) is 10.1. The van der Waals surface area contributed by atoms with Gasteiger partial charge in [0.05, 0.1) is 25.4 Å². The van der Waals surface area contributed by atoms with E-state index in [1.165, 1.54) is 12.1 Å². The molecule has 3 aromatic rings. The molecule has 0 amide bonds. The number of aromatic nitrogens is 2. The maximum absolute atomic E-state index is 12.9. The van der Waals surface area contributed by atoms with Crippen LogP contribution in [0.4, 0.5) is 10.2 Å². The molecular formula is C14H7Br2Cl2FN4. The average Bonchev–Trinajstić information content (AvgIpc) is 2.92. The Morgan fingerprint density at radius 3 is 2.30 bits per heavy atom. The zero-order valence-electron chi connectivity index (χ0n) is 11.2. The molecule has 9 heteroatoms. The van der Waals surface area contributed by atoms with Gasteiger partial charge in [-0.25, -0.2) is 4.39 Å². The molecule has 118 valence electrons. The lowest BCUT2D eigenvalue weighted by molar-refractivity contribution is 0.617. The zero-order chi connectivity index (χ0) is 17.1. The highest BCUT2D eigenvalue weighted by Crippen LogP contribution is 2.31. The molecule has 3 N–H and O–H groups in total. The molecule has 2 aromatic carbocycles. The van der Waals surface area contributed by atoms with Gasteiger partial charge in [-0.05, 0) is 56.1 Å². The number of nitrogens with zero attached hydrogens (tertiary/aromatic N) is 2. The maximum Gasteiger partial charge on any atom is 0.156 e. The predicted molar refractivity (Wildman–Crippen MR) is 97.0 cm³/mol. The van der Waals surface area contributed by atoms with Crippen LogP contribution in [0, 0.1) is 17.1 Å². The van der Waals surface area contributed by atoms with E-state index in [-0.39, 0.29) is 15.1 Å². The Balaban J connectivity index is 0.000000168. The molecule has 23 heavy (non-hydrogen) atoms. The molecule has 1 heterocycles. The Morgan fingerprint density at radius 2 is 1.74 bits per heavy atom. The number of nitriles is 1. The maximum atomic E-state index is 12.9. The van der Waals surface area contributed by atoms with Crippen LogP contribution >= 0.6 is 55.1 Å². The Morgan fingerprint density at radius 1 is 1.13 bits per heavy atom. The highest BCUT2D eigenvalue weighted by atomic mass is 79.9. The van der Waals surface area contributed by atoms with Crippen molar-refractivity contribution in [2.45, 2.75) is 0 Å². The standard InChI is InChI=1S/C7H2BrClFN.C7H5BrClN3/c8-5-1-2-6(9)4(3-11)7(5)10;8-3-1-2-4(9)5-6(3)11-12-7(5)10/h1-2H;1-2H,(H3,10,11,12). The average molecular weight is 481 g/mol. The first kappa shape index (κ1) is 18.0. The molecule has 0 saturated carbocycles. The monoisotopic (exact) mass is 478 g/mol. The molecule has 0 aliphatic rings. The van der Waals surface area contributed by atoms with E-state index in [1.807, 2.05) is 6.07 Å². The highest BCUT2D eigenvalue weighted by Gasteiger charge is 2.09. The number of benzene rings is 2. The zero-order valence-corrected chi connectivity index (χ0v) is 15.9. The first-order chi connectivity index (χ1) is 10.9. The Hall–Kier alpha value is -1.33. The van der Waals surface area contributed by atoms with Crippen LogP contribution in [-0.4, -0.2) is 10.2 Å². The van der Waals surface area contributed by atoms with Crippen molar-refractivity contribution in [2.75, 3.05) is 5.73 Å². The number of nitrogens with two attached hydrogens (primary N) is 1. The lowest BCUT2D eigenvalue weighted by Gasteiger charge is -1.97. The molecule has 0 spiro atoms. The first-order valence-corrected chi connectivity index (χ1v) is 8.32. The third-order valence-corrected chi connectivity index (χ3v) is 4.71. The molecular weight excluding hydrogens is 474 g/mol. The molecule has 3 rings (SSSR count).